The fraction of sp³-hybridized carbons (Fsp3) is 0.600. The molecule has 1 saturated carbocycles. The van der Waals surface area contributed by atoms with E-state index in [0.29, 0.717) is 24.3 Å². The summed E-state index contributed by atoms with van der Waals surface area (Å²) in [5, 5.41) is 8.47. The molecule has 0 N–H and O–H groups in total. The summed E-state index contributed by atoms with van der Waals surface area (Å²) in [5.74, 6) is 1.48. The molecule has 1 unspecified atom stereocenters. The Morgan fingerprint density at radius 3 is 3.00 bits per heavy atom. The Morgan fingerprint density at radius 2 is 2.23 bits per heavy atom. The van der Waals surface area contributed by atoms with Gasteiger partial charge in [-0.2, -0.15) is 10.1 Å². The zero-order valence-corrected chi connectivity index (χ0v) is 12.6. The first kappa shape index (κ1) is 13.5. The first-order valence-electron chi connectivity index (χ1n) is 7.84. The standard InChI is InChI=1S/C15H19N5O2/c1-10(21)19-6-2-3-11(8-19)14-17-15(22-18-14)12-7-16-20(9-12)13-4-5-13/h7,9,11,13H,2-6,8H2,1H3. The lowest BCUT2D eigenvalue weighted by Gasteiger charge is -2.30. The van der Waals surface area contributed by atoms with E-state index in [9.17, 15) is 4.79 Å². The average molecular weight is 301 g/mol. The predicted molar refractivity (Wildman–Crippen MR) is 78.0 cm³/mol. The van der Waals surface area contributed by atoms with Crippen molar-refractivity contribution in [2.24, 2.45) is 0 Å². The molecule has 2 fully saturated rings. The molecule has 0 spiro atoms. The van der Waals surface area contributed by atoms with Crippen LogP contribution in [0.15, 0.2) is 16.9 Å². The van der Waals surface area contributed by atoms with Gasteiger partial charge in [-0.1, -0.05) is 5.16 Å². The Balaban J connectivity index is 1.51. The largest absolute Gasteiger partial charge is 0.342 e. The molecule has 2 aromatic rings. The van der Waals surface area contributed by atoms with Crippen LogP contribution < -0.4 is 0 Å². The molecule has 116 valence electrons. The Kier molecular flexibility index (Phi) is 3.20. The van der Waals surface area contributed by atoms with Gasteiger partial charge in [0.25, 0.3) is 5.89 Å². The second kappa shape index (κ2) is 5.23. The van der Waals surface area contributed by atoms with Gasteiger partial charge < -0.3 is 9.42 Å². The van der Waals surface area contributed by atoms with Crippen molar-refractivity contribution in [1.29, 1.82) is 0 Å². The van der Waals surface area contributed by atoms with Crippen molar-refractivity contribution < 1.29 is 9.32 Å². The van der Waals surface area contributed by atoms with Gasteiger partial charge in [-0.25, -0.2) is 0 Å². The number of amides is 1. The smallest absolute Gasteiger partial charge is 0.261 e. The number of rotatable bonds is 3. The normalized spacial score (nSPS) is 22.0. The molecule has 2 aromatic heterocycles. The lowest BCUT2D eigenvalue weighted by molar-refractivity contribution is -0.130. The molecule has 0 aromatic carbocycles. The molecule has 7 heteroatoms. The third-order valence-corrected chi connectivity index (χ3v) is 4.44. The highest BCUT2D eigenvalue weighted by molar-refractivity contribution is 5.73. The van der Waals surface area contributed by atoms with Crippen LogP contribution in [-0.2, 0) is 4.79 Å². The second-order valence-corrected chi connectivity index (χ2v) is 6.20. The highest BCUT2D eigenvalue weighted by atomic mass is 16.5. The van der Waals surface area contributed by atoms with E-state index in [4.69, 9.17) is 4.52 Å². The monoisotopic (exact) mass is 301 g/mol. The fourth-order valence-corrected chi connectivity index (χ4v) is 2.98. The average Bonchev–Trinajstić information content (AvgIpc) is 3.07. The molecule has 4 rings (SSSR count). The number of carbonyl (C=O) groups excluding carboxylic acids is 1. The molecule has 1 amide bonds. The zero-order chi connectivity index (χ0) is 15.1. The fourth-order valence-electron chi connectivity index (χ4n) is 2.98. The van der Waals surface area contributed by atoms with Gasteiger partial charge in [0.15, 0.2) is 5.82 Å². The quantitative estimate of drug-likeness (QED) is 0.866. The predicted octanol–water partition coefficient (Wildman–Crippen LogP) is 1.99. The number of aromatic nitrogens is 4. The van der Waals surface area contributed by atoms with E-state index < -0.39 is 0 Å². The van der Waals surface area contributed by atoms with Crippen molar-refractivity contribution in [3.63, 3.8) is 0 Å². The Bertz CT molecular complexity index is 688. The zero-order valence-electron chi connectivity index (χ0n) is 12.6. The minimum atomic E-state index is 0.110. The first-order chi connectivity index (χ1) is 10.7. The van der Waals surface area contributed by atoms with Gasteiger partial charge in [-0.15, -0.1) is 0 Å². The molecule has 0 radical (unpaired) electrons. The summed E-state index contributed by atoms with van der Waals surface area (Å²) in [6.45, 7) is 3.11. The summed E-state index contributed by atoms with van der Waals surface area (Å²) in [4.78, 5) is 17.9. The van der Waals surface area contributed by atoms with Crippen LogP contribution in [0.25, 0.3) is 11.5 Å². The van der Waals surface area contributed by atoms with Gasteiger partial charge >= 0.3 is 0 Å². The number of nitrogens with zero attached hydrogens (tertiary/aromatic N) is 5. The minimum Gasteiger partial charge on any atom is -0.342 e. The maximum atomic E-state index is 11.5. The van der Waals surface area contributed by atoms with Crippen molar-refractivity contribution in [2.45, 2.75) is 44.6 Å². The van der Waals surface area contributed by atoms with Crippen molar-refractivity contribution >= 4 is 5.91 Å². The van der Waals surface area contributed by atoms with Gasteiger partial charge in [0.2, 0.25) is 5.91 Å². The van der Waals surface area contributed by atoms with Crippen LogP contribution in [0.2, 0.25) is 0 Å². The molecule has 1 saturated heterocycles. The summed E-state index contributed by atoms with van der Waals surface area (Å²) in [5.41, 5.74) is 0.866. The van der Waals surface area contributed by atoms with Gasteiger partial charge in [0.05, 0.1) is 17.8 Å². The van der Waals surface area contributed by atoms with Crippen molar-refractivity contribution in [2.75, 3.05) is 13.1 Å². The van der Waals surface area contributed by atoms with Crippen molar-refractivity contribution in [3.8, 4) is 11.5 Å². The summed E-state index contributed by atoms with van der Waals surface area (Å²) in [6.07, 6.45) is 8.10. The molecular weight excluding hydrogens is 282 g/mol. The van der Waals surface area contributed by atoms with Crippen LogP contribution in [0.1, 0.15) is 50.4 Å². The van der Waals surface area contributed by atoms with E-state index >= 15 is 0 Å². The number of likely N-dealkylation sites (tertiary alicyclic amines) is 1. The molecular formula is C15H19N5O2. The minimum absolute atomic E-state index is 0.110. The van der Waals surface area contributed by atoms with E-state index in [1.165, 1.54) is 12.8 Å². The first-order valence-corrected chi connectivity index (χ1v) is 7.84. The molecule has 1 aliphatic carbocycles. The van der Waals surface area contributed by atoms with E-state index in [2.05, 4.69) is 15.2 Å². The maximum absolute atomic E-state index is 11.5. The third kappa shape index (κ3) is 2.51. The summed E-state index contributed by atoms with van der Waals surface area (Å²) >= 11 is 0. The molecule has 7 nitrogen and oxygen atoms in total. The van der Waals surface area contributed by atoms with Crippen LogP contribution in [-0.4, -0.2) is 43.8 Å². The molecule has 0 bridgehead atoms. The highest BCUT2D eigenvalue weighted by Gasteiger charge is 2.28. The molecule has 1 aliphatic heterocycles. The number of carbonyl (C=O) groups is 1. The molecule has 2 aliphatic rings. The van der Waals surface area contributed by atoms with Crippen LogP contribution in [0.4, 0.5) is 0 Å². The van der Waals surface area contributed by atoms with E-state index in [1.54, 1.807) is 13.1 Å². The van der Waals surface area contributed by atoms with Gasteiger partial charge in [-0.3, -0.25) is 9.48 Å². The van der Waals surface area contributed by atoms with Crippen LogP contribution >= 0.6 is 0 Å². The van der Waals surface area contributed by atoms with Gasteiger partial charge in [-0.05, 0) is 25.7 Å². The Labute approximate surface area is 128 Å². The van der Waals surface area contributed by atoms with Crippen LogP contribution in [0.5, 0.6) is 0 Å². The molecule has 1 atom stereocenters. The van der Waals surface area contributed by atoms with Crippen LogP contribution in [0, 0.1) is 0 Å². The number of piperidine rings is 1. The van der Waals surface area contributed by atoms with Crippen molar-refractivity contribution in [1.82, 2.24) is 24.8 Å². The molecule has 22 heavy (non-hydrogen) atoms. The summed E-state index contributed by atoms with van der Waals surface area (Å²) < 4.78 is 7.36. The van der Waals surface area contributed by atoms with E-state index in [-0.39, 0.29) is 11.8 Å². The van der Waals surface area contributed by atoms with Crippen LogP contribution in [0.3, 0.4) is 0 Å². The van der Waals surface area contributed by atoms with E-state index in [1.807, 2.05) is 15.8 Å². The highest BCUT2D eigenvalue weighted by Crippen LogP contribution is 2.35. The second-order valence-electron chi connectivity index (χ2n) is 6.20. The molecule has 3 heterocycles. The topological polar surface area (TPSA) is 77.0 Å². The van der Waals surface area contributed by atoms with Gasteiger partial charge in [0, 0.05) is 32.1 Å². The lowest BCUT2D eigenvalue weighted by atomic mass is 9.97. The Morgan fingerprint density at radius 1 is 1.36 bits per heavy atom. The lowest BCUT2D eigenvalue weighted by Crippen LogP contribution is -2.37. The number of hydrogen-bond acceptors (Lipinski definition) is 5. The number of hydrogen-bond donors (Lipinski definition) is 0. The SMILES string of the molecule is CC(=O)N1CCCC(c2noc(-c3cnn(C4CC4)c3)n2)C1. The van der Waals surface area contributed by atoms with Gasteiger partial charge in [0.1, 0.15) is 0 Å². The maximum Gasteiger partial charge on any atom is 0.261 e. The van der Waals surface area contributed by atoms with Crippen molar-refractivity contribution in [3.05, 3.63) is 18.2 Å². The summed E-state index contributed by atoms with van der Waals surface area (Å²) in [6, 6.07) is 0.540. The Hall–Kier alpha value is -2.18. The third-order valence-electron chi connectivity index (χ3n) is 4.44. The van der Waals surface area contributed by atoms with E-state index in [0.717, 1.165) is 24.9 Å². The summed E-state index contributed by atoms with van der Waals surface area (Å²) in [7, 11) is 0.